The van der Waals surface area contributed by atoms with Crippen molar-refractivity contribution in [1.29, 1.82) is 0 Å². The molecule has 5 nitrogen and oxygen atoms in total. The van der Waals surface area contributed by atoms with Gasteiger partial charge < -0.3 is 4.74 Å². The van der Waals surface area contributed by atoms with Crippen molar-refractivity contribution >= 4 is 17.7 Å². The van der Waals surface area contributed by atoms with E-state index in [1.165, 1.54) is 12.1 Å². The highest BCUT2D eigenvalue weighted by Gasteiger charge is 2.28. The molecule has 0 fully saturated rings. The molecule has 0 aromatic heterocycles. The fourth-order valence-electron chi connectivity index (χ4n) is 1.71. The molecule has 1 aromatic rings. The zero-order valence-corrected chi connectivity index (χ0v) is 9.11. The Hall–Kier alpha value is -2.04. The largest absolute Gasteiger partial charge is 0.452 e. The van der Waals surface area contributed by atoms with Gasteiger partial charge in [0.1, 0.15) is 0 Å². The van der Waals surface area contributed by atoms with Crippen LogP contribution in [0.15, 0.2) is 18.2 Å². The Bertz CT molecular complexity index is 457. The Morgan fingerprint density at radius 2 is 2.25 bits per heavy atom. The summed E-state index contributed by atoms with van der Waals surface area (Å²) in [5.41, 5.74) is 5.09. The molecule has 0 saturated heterocycles. The van der Waals surface area contributed by atoms with Gasteiger partial charge in [-0.1, -0.05) is 17.7 Å². The van der Waals surface area contributed by atoms with E-state index in [1.54, 1.807) is 0 Å². The second kappa shape index (κ2) is 3.84. The van der Waals surface area contributed by atoms with E-state index in [4.69, 9.17) is 0 Å². The topological polar surface area (TPSA) is 58.6 Å². The van der Waals surface area contributed by atoms with Gasteiger partial charge in [0.2, 0.25) is 5.91 Å². The number of methoxy groups -OCH3 is 1. The van der Waals surface area contributed by atoms with Crippen molar-refractivity contribution in [3.05, 3.63) is 29.3 Å². The number of ether oxygens (including phenoxy) is 1. The lowest BCUT2D eigenvalue weighted by molar-refractivity contribution is -0.117. The molecule has 0 bridgehead atoms. The third-order valence-electron chi connectivity index (χ3n) is 2.46. The number of nitrogens with one attached hydrogen (secondary N) is 1. The lowest BCUT2D eigenvalue weighted by Gasteiger charge is -2.17. The number of nitrogens with zero attached hydrogens (tertiary/aromatic N) is 1. The second-order valence-corrected chi connectivity index (χ2v) is 3.64. The van der Waals surface area contributed by atoms with Gasteiger partial charge in [-0.3, -0.25) is 4.79 Å². The number of fused-ring (bicyclic) bond motifs is 1. The van der Waals surface area contributed by atoms with Gasteiger partial charge in [-0.15, -0.1) is 0 Å². The van der Waals surface area contributed by atoms with Gasteiger partial charge in [-0.2, -0.15) is 0 Å². The van der Waals surface area contributed by atoms with Gasteiger partial charge in [0.25, 0.3) is 0 Å². The monoisotopic (exact) mass is 220 g/mol. The number of hydrogen-bond donors (Lipinski definition) is 1. The predicted octanol–water partition coefficient (Wildman–Crippen LogP) is 1.16. The maximum atomic E-state index is 11.6. The summed E-state index contributed by atoms with van der Waals surface area (Å²) >= 11 is 0. The number of benzene rings is 1. The maximum Gasteiger partial charge on any atom is 0.426 e. The summed E-state index contributed by atoms with van der Waals surface area (Å²) in [5.74, 6) is -0.161. The number of hydrogen-bond acceptors (Lipinski definition) is 3. The van der Waals surface area contributed by atoms with Crippen molar-refractivity contribution in [3.63, 3.8) is 0 Å². The van der Waals surface area contributed by atoms with Crippen molar-refractivity contribution in [2.45, 2.75) is 13.3 Å². The molecule has 1 aliphatic heterocycles. The van der Waals surface area contributed by atoms with E-state index in [-0.39, 0.29) is 5.91 Å². The fourth-order valence-corrected chi connectivity index (χ4v) is 1.71. The van der Waals surface area contributed by atoms with Crippen LogP contribution in [-0.2, 0) is 16.0 Å². The number of carbonyl (C=O) groups is 2. The third-order valence-corrected chi connectivity index (χ3v) is 2.46. The van der Waals surface area contributed by atoms with Crippen molar-refractivity contribution in [2.24, 2.45) is 0 Å². The highest BCUT2D eigenvalue weighted by Crippen LogP contribution is 2.27. The number of carbonyl (C=O) groups excluding carboxylic acids is 2. The molecular formula is C11H12N2O3. The summed E-state index contributed by atoms with van der Waals surface area (Å²) in [6, 6.07) is 5.64. The first-order valence-corrected chi connectivity index (χ1v) is 4.89. The highest BCUT2D eigenvalue weighted by atomic mass is 16.5. The minimum Gasteiger partial charge on any atom is -0.452 e. The van der Waals surface area contributed by atoms with E-state index in [0.29, 0.717) is 12.1 Å². The normalized spacial score (nSPS) is 13.6. The summed E-state index contributed by atoms with van der Waals surface area (Å²) < 4.78 is 4.46. The van der Waals surface area contributed by atoms with E-state index in [0.717, 1.165) is 11.1 Å². The molecule has 5 heteroatoms. The van der Waals surface area contributed by atoms with Gasteiger partial charge in [0.15, 0.2) is 0 Å². The van der Waals surface area contributed by atoms with Crippen molar-refractivity contribution in [1.82, 2.24) is 5.43 Å². The Morgan fingerprint density at radius 3 is 2.94 bits per heavy atom. The number of anilines is 1. The van der Waals surface area contributed by atoms with Gasteiger partial charge in [-0.25, -0.2) is 15.2 Å². The van der Waals surface area contributed by atoms with E-state index in [9.17, 15) is 9.59 Å². The van der Waals surface area contributed by atoms with Crippen LogP contribution in [0.2, 0.25) is 0 Å². The van der Waals surface area contributed by atoms with Gasteiger partial charge >= 0.3 is 6.09 Å². The third kappa shape index (κ3) is 1.71. The van der Waals surface area contributed by atoms with Gasteiger partial charge in [0.05, 0.1) is 19.2 Å². The standard InChI is InChI=1S/C11H12N2O3/c1-7-3-4-9-8(5-7)6-10(14)13(9)12-11(15)16-2/h3-5H,6H2,1-2H3,(H,12,15). The summed E-state index contributed by atoms with van der Waals surface area (Å²) in [6.45, 7) is 1.96. The summed E-state index contributed by atoms with van der Waals surface area (Å²) in [6.07, 6.45) is -0.345. The highest BCUT2D eigenvalue weighted by molar-refractivity contribution is 6.02. The molecule has 1 heterocycles. The van der Waals surface area contributed by atoms with E-state index in [1.807, 2.05) is 25.1 Å². The van der Waals surface area contributed by atoms with Crippen LogP contribution in [0.1, 0.15) is 11.1 Å². The van der Waals surface area contributed by atoms with E-state index < -0.39 is 6.09 Å². The summed E-state index contributed by atoms with van der Waals surface area (Å²) in [7, 11) is 1.26. The quantitative estimate of drug-likeness (QED) is 0.772. The van der Waals surface area contributed by atoms with E-state index in [2.05, 4.69) is 10.2 Å². The SMILES string of the molecule is COC(=O)NN1C(=O)Cc2cc(C)ccc21. The molecule has 2 rings (SSSR count). The van der Waals surface area contributed by atoms with Crippen molar-refractivity contribution in [2.75, 3.05) is 12.1 Å². The Labute approximate surface area is 93.0 Å². The molecule has 0 radical (unpaired) electrons. The van der Waals surface area contributed by atoms with Crippen LogP contribution < -0.4 is 10.4 Å². The molecule has 0 saturated carbocycles. The number of aryl methyl sites for hydroxylation is 1. The molecule has 0 spiro atoms. The summed E-state index contributed by atoms with van der Waals surface area (Å²) in [5, 5.41) is 1.22. The van der Waals surface area contributed by atoms with Crippen LogP contribution in [0.4, 0.5) is 10.5 Å². The van der Waals surface area contributed by atoms with Crippen LogP contribution in [0.25, 0.3) is 0 Å². The zero-order chi connectivity index (χ0) is 11.7. The molecule has 1 aliphatic rings. The first kappa shape index (κ1) is 10.5. The first-order chi connectivity index (χ1) is 7.61. The lowest BCUT2D eigenvalue weighted by atomic mass is 10.1. The molecule has 0 atom stereocenters. The van der Waals surface area contributed by atoms with Crippen LogP contribution in [0.5, 0.6) is 0 Å². The zero-order valence-electron chi connectivity index (χ0n) is 9.11. The molecule has 2 amide bonds. The molecule has 0 unspecified atom stereocenters. The molecule has 84 valence electrons. The van der Waals surface area contributed by atoms with Crippen molar-refractivity contribution in [3.8, 4) is 0 Å². The lowest BCUT2D eigenvalue weighted by Crippen LogP contribution is -2.44. The second-order valence-electron chi connectivity index (χ2n) is 3.64. The minimum absolute atomic E-state index is 0.161. The van der Waals surface area contributed by atoms with Crippen LogP contribution >= 0.6 is 0 Å². The fraction of sp³-hybridized carbons (Fsp3) is 0.273. The molecule has 0 aliphatic carbocycles. The molecular weight excluding hydrogens is 208 g/mol. The minimum atomic E-state index is -0.651. The Kier molecular flexibility index (Phi) is 2.52. The maximum absolute atomic E-state index is 11.6. The van der Waals surface area contributed by atoms with Crippen molar-refractivity contribution < 1.29 is 14.3 Å². The number of amides is 2. The Morgan fingerprint density at radius 1 is 1.50 bits per heavy atom. The predicted molar refractivity (Wildman–Crippen MR) is 57.9 cm³/mol. The average molecular weight is 220 g/mol. The number of rotatable bonds is 1. The van der Waals surface area contributed by atoms with Gasteiger partial charge in [0, 0.05) is 0 Å². The van der Waals surface area contributed by atoms with Gasteiger partial charge in [-0.05, 0) is 18.6 Å². The van der Waals surface area contributed by atoms with E-state index >= 15 is 0 Å². The summed E-state index contributed by atoms with van der Waals surface area (Å²) in [4.78, 5) is 22.7. The smallest absolute Gasteiger partial charge is 0.426 e. The Balaban J connectivity index is 2.29. The first-order valence-electron chi connectivity index (χ1n) is 4.89. The van der Waals surface area contributed by atoms with Crippen LogP contribution in [0.3, 0.4) is 0 Å². The molecule has 1 N–H and O–H groups in total. The average Bonchev–Trinajstić information content (AvgIpc) is 2.54. The number of hydrazine groups is 1. The van der Waals surface area contributed by atoms with Crippen LogP contribution in [-0.4, -0.2) is 19.1 Å². The van der Waals surface area contributed by atoms with Crippen LogP contribution in [0, 0.1) is 6.92 Å². The molecule has 16 heavy (non-hydrogen) atoms. The molecule has 1 aromatic carbocycles.